The fraction of sp³-hybridized carbons (Fsp3) is 0.296. The molecule has 2 aliphatic rings. The molecule has 0 bridgehead atoms. The lowest BCUT2D eigenvalue weighted by molar-refractivity contribution is -0.137. The van der Waals surface area contributed by atoms with E-state index in [4.69, 9.17) is 4.74 Å². The van der Waals surface area contributed by atoms with E-state index >= 15 is 8.78 Å². The minimum atomic E-state index is -4.62. The van der Waals surface area contributed by atoms with Crippen molar-refractivity contribution < 1.29 is 36.3 Å². The number of nitrogens with zero attached hydrogens (tertiary/aromatic N) is 2. The molecule has 2 atom stereocenters. The third-order valence-electron chi connectivity index (χ3n) is 6.92. The van der Waals surface area contributed by atoms with E-state index in [-0.39, 0.29) is 29.6 Å². The molecule has 1 saturated carbocycles. The van der Waals surface area contributed by atoms with E-state index in [0.717, 1.165) is 42.0 Å². The summed E-state index contributed by atoms with van der Waals surface area (Å²) >= 11 is 0. The molecule has 2 heterocycles. The summed E-state index contributed by atoms with van der Waals surface area (Å²) in [5.74, 6) is -5.13. The number of hydrogen-bond donors (Lipinski definition) is 1. The number of ether oxygens (including phenoxy) is 1. The summed E-state index contributed by atoms with van der Waals surface area (Å²) in [6.07, 6.45) is -1.43. The highest BCUT2D eigenvalue weighted by atomic mass is 19.4. The van der Waals surface area contributed by atoms with Gasteiger partial charge in [-0.3, -0.25) is 14.4 Å². The van der Waals surface area contributed by atoms with E-state index in [9.17, 15) is 27.6 Å². The second kappa shape index (κ2) is 9.83. The molecule has 7 nitrogen and oxygen atoms in total. The lowest BCUT2D eigenvalue weighted by atomic mass is 9.92. The van der Waals surface area contributed by atoms with Gasteiger partial charge in [0.25, 0.3) is 11.5 Å². The molecule has 204 valence electrons. The lowest BCUT2D eigenvalue weighted by Crippen LogP contribution is -2.44. The van der Waals surface area contributed by atoms with Crippen molar-refractivity contribution in [3.05, 3.63) is 93.4 Å². The fourth-order valence-corrected chi connectivity index (χ4v) is 4.78. The van der Waals surface area contributed by atoms with Gasteiger partial charge < -0.3 is 19.5 Å². The molecule has 39 heavy (non-hydrogen) atoms. The third-order valence-corrected chi connectivity index (χ3v) is 6.92. The number of hydrogen-bond acceptors (Lipinski definition) is 4. The molecule has 1 aromatic heterocycles. The van der Waals surface area contributed by atoms with E-state index in [0.29, 0.717) is 12.1 Å². The zero-order valence-corrected chi connectivity index (χ0v) is 20.5. The SMILES string of the molecule is COc1cc(F)c([C@@H]2CN(c3cccn(C4CC4)c3=O)C(=O)C2NC(=O)c2ccc(C(F)(F)F)cc2)c(F)c1. The molecule has 1 saturated heterocycles. The van der Waals surface area contributed by atoms with Crippen LogP contribution in [0.15, 0.2) is 59.5 Å². The van der Waals surface area contributed by atoms with Crippen molar-refractivity contribution in [1.82, 2.24) is 9.88 Å². The summed E-state index contributed by atoms with van der Waals surface area (Å²) < 4.78 is 75.4. The van der Waals surface area contributed by atoms with Crippen LogP contribution < -0.4 is 20.5 Å². The number of halogens is 5. The molecule has 1 N–H and O–H groups in total. The van der Waals surface area contributed by atoms with Crippen LogP contribution in [0.3, 0.4) is 0 Å². The first kappa shape index (κ1) is 26.4. The van der Waals surface area contributed by atoms with E-state index in [1.165, 1.54) is 17.7 Å². The van der Waals surface area contributed by atoms with Gasteiger partial charge in [-0.15, -0.1) is 0 Å². The first-order valence-corrected chi connectivity index (χ1v) is 12.0. The van der Waals surface area contributed by atoms with E-state index in [1.807, 2.05) is 0 Å². The molecule has 1 aliphatic heterocycles. The number of nitrogens with one attached hydrogen (secondary N) is 1. The largest absolute Gasteiger partial charge is 0.497 e. The van der Waals surface area contributed by atoms with E-state index in [1.54, 1.807) is 12.3 Å². The van der Waals surface area contributed by atoms with Crippen LogP contribution in [0.25, 0.3) is 0 Å². The Kier molecular flexibility index (Phi) is 6.65. The van der Waals surface area contributed by atoms with Crippen molar-refractivity contribution in [1.29, 1.82) is 0 Å². The average molecular weight is 547 g/mol. The van der Waals surface area contributed by atoms with Crippen molar-refractivity contribution in [2.24, 2.45) is 0 Å². The van der Waals surface area contributed by atoms with Gasteiger partial charge in [0, 0.05) is 48.0 Å². The zero-order chi connectivity index (χ0) is 28.1. The van der Waals surface area contributed by atoms with Crippen molar-refractivity contribution >= 4 is 17.5 Å². The van der Waals surface area contributed by atoms with Crippen LogP contribution in [0.2, 0.25) is 0 Å². The Balaban J connectivity index is 1.52. The summed E-state index contributed by atoms with van der Waals surface area (Å²) in [6, 6.07) is 6.63. The van der Waals surface area contributed by atoms with Gasteiger partial charge in [0.1, 0.15) is 29.1 Å². The smallest absolute Gasteiger partial charge is 0.416 e. The molecule has 3 aromatic rings. The predicted molar refractivity (Wildman–Crippen MR) is 130 cm³/mol. The lowest BCUT2D eigenvalue weighted by Gasteiger charge is -2.20. The van der Waals surface area contributed by atoms with E-state index < -0.39 is 58.3 Å². The van der Waals surface area contributed by atoms with Gasteiger partial charge in [-0.05, 0) is 49.2 Å². The van der Waals surface area contributed by atoms with Crippen LogP contribution in [-0.4, -0.2) is 36.1 Å². The number of amides is 2. The Bertz CT molecular complexity index is 1480. The highest BCUT2D eigenvalue weighted by molar-refractivity contribution is 6.05. The first-order chi connectivity index (χ1) is 18.5. The Morgan fingerprint density at radius 2 is 1.67 bits per heavy atom. The predicted octanol–water partition coefficient (Wildman–Crippen LogP) is 4.42. The normalized spacial score (nSPS) is 19.3. The number of alkyl halides is 3. The number of carbonyl (C=O) groups excluding carboxylic acids is 2. The topological polar surface area (TPSA) is 80.6 Å². The number of rotatable bonds is 6. The number of anilines is 1. The summed E-state index contributed by atoms with van der Waals surface area (Å²) in [5, 5.41) is 2.42. The highest BCUT2D eigenvalue weighted by Crippen LogP contribution is 2.37. The van der Waals surface area contributed by atoms with Gasteiger partial charge in [0.2, 0.25) is 5.91 Å². The molecule has 1 aliphatic carbocycles. The fourth-order valence-electron chi connectivity index (χ4n) is 4.78. The average Bonchev–Trinajstić information content (AvgIpc) is 3.69. The Morgan fingerprint density at radius 3 is 2.23 bits per heavy atom. The van der Waals surface area contributed by atoms with Gasteiger partial charge in [-0.25, -0.2) is 8.78 Å². The standard InChI is InChI=1S/C27H22F5N3O4/c1-39-17-11-19(28)22(20(29)12-17)18-13-35(21-3-2-10-34(25(21)37)16-8-9-16)26(38)23(18)33-24(36)14-4-6-15(7-5-14)27(30,31)32/h2-7,10-12,16,18,23H,8-9,13H2,1H3,(H,33,36)/t18-,23?/m0/s1. The second-order valence-corrected chi connectivity index (χ2v) is 9.42. The van der Waals surface area contributed by atoms with Gasteiger partial charge in [0.15, 0.2) is 0 Å². The molecular weight excluding hydrogens is 525 g/mol. The molecule has 0 radical (unpaired) electrons. The Morgan fingerprint density at radius 1 is 1.03 bits per heavy atom. The van der Waals surface area contributed by atoms with Crippen molar-refractivity contribution in [3.8, 4) is 5.75 Å². The number of pyridine rings is 1. The maximum Gasteiger partial charge on any atom is 0.416 e. The minimum absolute atomic E-state index is 0.00222. The van der Waals surface area contributed by atoms with Crippen LogP contribution in [-0.2, 0) is 11.0 Å². The summed E-state index contributed by atoms with van der Waals surface area (Å²) in [7, 11) is 1.22. The molecule has 2 fully saturated rings. The number of carbonyl (C=O) groups is 2. The van der Waals surface area contributed by atoms with Gasteiger partial charge >= 0.3 is 6.18 Å². The van der Waals surface area contributed by atoms with Gasteiger partial charge in [-0.1, -0.05) is 0 Å². The zero-order valence-electron chi connectivity index (χ0n) is 20.5. The maximum atomic E-state index is 15.1. The molecule has 0 spiro atoms. The molecule has 2 aromatic carbocycles. The molecule has 12 heteroatoms. The summed E-state index contributed by atoms with van der Waals surface area (Å²) in [4.78, 5) is 40.8. The Hall–Kier alpha value is -4.22. The van der Waals surface area contributed by atoms with Crippen LogP contribution in [0.5, 0.6) is 5.75 Å². The quantitative estimate of drug-likeness (QED) is 0.464. The molecule has 1 unspecified atom stereocenters. The maximum absolute atomic E-state index is 15.1. The first-order valence-electron chi connectivity index (χ1n) is 12.0. The van der Waals surface area contributed by atoms with Gasteiger partial charge in [0.05, 0.1) is 12.7 Å². The van der Waals surface area contributed by atoms with Crippen LogP contribution in [0, 0.1) is 11.6 Å². The summed E-state index contributed by atoms with van der Waals surface area (Å²) in [5.41, 5.74) is -2.14. The van der Waals surface area contributed by atoms with Crippen molar-refractivity contribution in [3.63, 3.8) is 0 Å². The number of aromatic nitrogens is 1. The molecule has 5 rings (SSSR count). The minimum Gasteiger partial charge on any atom is -0.497 e. The Labute approximate surface area is 218 Å². The van der Waals surface area contributed by atoms with Crippen LogP contribution in [0.4, 0.5) is 27.6 Å². The van der Waals surface area contributed by atoms with Crippen LogP contribution >= 0.6 is 0 Å². The molecular formula is C27H22F5N3O4. The van der Waals surface area contributed by atoms with Crippen molar-refractivity contribution in [2.75, 3.05) is 18.6 Å². The second-order valence-electron chi connectivity index (χ2n) is 9.42. The van der Waals surface area contributed by atoms with Crippen molar-refractivity contribution in [2.45, 2.75) is 37.0 Å². The van der Waals surface area contributed by atoms with E-state index in [2.05, 4.69) is 5.32 Å². The monoisotopic (exact) mass is 547 g/mol. The highest BCUT2D eigenvalue weighted by Gasteiger charge is 2.46. The van der Waals surface area contributed by atoms with Gasteiger partial charge in [-0.2, -0.15) is 13.2 Å². The summed E-state index contributed by atoms with van der Waals surface area (Å²) in [6.45, 7) is -0.332. The number of methoxy groups -OCH3 is 1. The third kappa shape index (κ3) is 4.98. The molecule has 2 amide bonds. The van der Waals surface area contributed by atoms with Crippen LogP contribution in [0.1, 0.15) is 46.3 Å². The number of benzene rings is 2.